The Balaban J connectivity index is 1.24. The van der Waals surface area contributed by atoms with Crippen molar-refractivity contribution in [3.8, 4) is 0 Å². The lowest BCUT2D eigenvalue weighted by Crippen LogP contribution is -2.38. The van der Waals surface area contributed by atoms with Gasteiger partial charge in [-0.25, -0.2) is 4.39 Å². The van der Waals surface area contributed by atoms with Crippen molar-refractivity contribution in [1.29, 1.82) is 0 Å². The summed E-state index contributed by atoms with van der Waals surface area (Å²) in [5, 5.41) is 6.46. The minimum absolute atomic E-state index is 0.154. The molecule has 6 rings (SSSR count). The average Bonchev–Trinajstić information content (AvgIpc) is 3.35. The molecule has 0 amide bonds. The van der Waals surface area contributed by atoms with E-state index >= 15 is 0 Å². The van der Waals surface area contributed by atoms with E-state index in [9.17, 15) is 4.39 Å². The topological polar surface area (TPSA) is 45.1 Å². The molecule has 2 aliphatic heterocycles. The Morgan fingerprint density at radius 1 is 1.14 bits per heavy atom. The number of halogens is 1. The fraction of sp³-hybridized carbons (Fsp3) is 0.348. The number of aromatic amines is 1. The number of hydrogen-bond acceptors (Lipinski definition) is 3. The van der Waals surface area contributed by atoms with Crippen LogP contribution in [-0.2, 0) is 12.8 Å². The van der Waals surface area contributed by atoms with Crippen LogP contribution in [0.3, 0.4) is 0 Å². The van der Waals surface area contributed by atoms with E-state index in [2.05, 4.69) is 21.1 Å². The van der Waals surface area contributed by atoms with E-state index in [-0.39, 0.29) is 5.82 Å². The number of aryl methyl sites for hydroxylation is 1. The Kier molecular flexibility index (Phi) is 3.60. The van der Waals surface area contributed by atoms with Crippen LogP contribution >= 0.6 is 0 Å². The number of aromatic nitrogens is 2. The molecule has 2 atom stereocenters. The first kappa shape index (κ1) is 16.3. The lowest BCUT2D eigenvalue weighted by Gasteiger charge is -2.35. The fourth-order valence-electron chi connectivity index (χ4n) is 5.37. The third kappa shape index (κ3) is 2.42. The van der Waals surface area contributed by atoms with E-state index in [0.717, 1.165) is 59.8 Å². The van der Waals surface area contributed by atoms with Crippen molar-refractivity contribution in [1.82, 2.24) is 15.0 Å². The van der Waals surface area contributed by atoms with Gasteiger partial charge in [0, 0.05) is 40.5 Å². The predicted molar refractivity (Wildman–Crippen MR) is 107 cm³/mol. The molecule has 1 fully saturated rings. The fourth-order valence-corrected chi connectivity index (χ4v) is 5.37. The Morgan fingerprint density at radius 2 is 2.07 bits per heavy atom. The highest BCUT2D eigenvalue weighted by Crippen LogP contribution is 2.46. The number of benzene rings is 2. The van der Waals surface area contributed by atoms with Gasteiger partial charge in [-0.2, -0.15) is 0 Å². The first-order valence-electron chi connectivity index (χ1n) is 10.2. The largest absolute Gasteiger partial charge is 0.358 e. The van der Waals surface area contributed by atoms with E-state index in [4.69, 9.17) is 4.52 Å². The highest BCUT2D eigenvalue weighted by atomic mass is 19.1. The molecule has 2 aromatic carbocycles. The van der Waals surface area contributed by atoms with Crippen LogP contribution in [0.5, 0.6) is 0 Å². The Morgan fingerprint density at radius 3 is 3.04 bits per heavy atom. The summed E-state index contributed by atoms with van der Waals surface area (Å²) in [5.74, 6) is -0.154. The second-order valence-electron chi connectivity index (χ2n) is 8.13. The van der Waals surface area contributed by atoms with Gasteiger partial charge >= 0.3 is 0 Å². The lowest BCUT2D eigenvalue weighted by molar-refractivity contribution is 0.175. The van der Waals surface area contributed by atoms with Gasteiger partial charge in [0.1, 0.15) is 5.82 Å². The van der Waals surface area contributed by atoms with Gasteiger partial charge in [0.25, 0.3) is 0 Å². The van der Waals surface area contributed by atoms with Crippen molar-refractivity contribution in [2.45, 2.75) is 44.2 Å². The van der Waals surface area contributed by atoms with Crippen LogP contribution in [0.2, 0.25) is 0 Å². The maximum atomic E-state index is 13.9. The minimum atomic E-state index is -0.154. The number of nitrogens with one attached hydrogen (secondary N) is 1. The molecule has 4 nitrogen and oxygen atoms in total. The van der Waals surface area contributed by atoms with Gasteiger partial charge in [-0.05, 0) is 68.1 Å². The Labute approximate surface area is 162 Å². The van der Waals surface area contributed by atoms with Crippen molar-refractivity contribution >= 4 is 21.9 Å². The smallest absolute Gasteiger partial charge is 0.167 e. The molecule has 2 bridgehead atoms. The first-order chi connectivity index (χ1) is 13.8. The lowest BCUT2D eigenvalue weighted by atomic mass is 9.96. The van der Waals surface area contributed by atoms with Crippen LogP contribution < -0.4 is 0 Å². The van der Waals surface area contributed by atoms with Gasteiger partial charge < -0.3 is 9.51 Å². The van der Waals surface area contributed by atoms with E-state index < -0.39 is 0 Å². The SMILES string of the molecule is Fc1ccc2[nH]c3c(c2c1)[C@H]1CC[C@@H](C3)N1CCCc1noc2ccccc12. The summed E-state index contributed by atoms with van der Waals surface area (Å²) in [4.78, 5) is 6.19. The Hall–Kier alpha value is -2.66. The van der Waals surface area contributed by atoms with Crippen LogP contribution in [0.1, 0.15) is 42.3 Å². The van der Waals surface area contributed by atoms with Gasteiger partial charge in [-0.3, -0.25) is 4.90 Å². The number of nitrogens with zero attached hydrogens (tertiary/aromatic N) is 2. The number of rotatable bonds is 4. The quantitative estimate of drug-likeness (QED) is 0.537. The summed E-state index contributed by atoms with van der Waals surface area (Å²) in [6, 6.07) is 14.2. The van der Waals surface area contributed by atoms with Crippen molar-refractivity contribution in [2.24, 2.45) is 0 Å². The van der Waals surface area contributed by atoms with Crippen LogP contribution in [0.15, 0.2) is 47.0 Å². The van der Waals surface area contributed by atoms with E-state index in [0.29, 0.717) is 12.1 Å². The second-order valence-corrected chi connectivity index (χ2v) is 8.13. The summed E-state index contributed by atoms with van der Waals surface area (Å²) in [5.41, 5.74) is 5.62. The number of H-pyrrole nitrogens is 1. The van der Waals surface area contributed by atoms with Gasteiger partial charge in [0.05, 0.1) is 5.69 Å². The molecular formula is C23H22FN3O. The molecule has 1 N–H and O–H groups in total. The zero-order chi connectivity index (χ0) is 18.7. The standard InChI is InChI=1S/C23H22FN3O/c24-14-7-9-18-17(12-14)23-20(25-18)13-15-8-10-21(23)27(15)11-3-5-19-16-4-1-2-6-22(16)28-26-19/h1-2,4,6-7,9,12,15,21,25H,3,5,8,10-11,13H2/t15-,21+/m0/s1. The minimum Gasteiger partial charge on any atom is -0.358 e. The second kappa shape index (κ2) is 6.17. The molecule has 2 aromatic heterocycles. The molecule has 0 radical (unpaired) electrons. The molecule has 142 valence electrons. The molecule has 5 heteroatoms. The molecule has 0 aliphatic carbocycles. The van der Waals surface area contributed by atoms with Gasteiger partial charge in [0.2, 0.25) is 0 Å². The third-order valence-electron chi connectivity index (χ3n) is 6.58. The van der Waals surface area contributed by atoms with Crippen LogP contribution in [0.4, 0.5) is 4.39 Å². The van der Waals surface area contributed by atoms with E-state index in [1.165, 1.54) is 17.7 Å². The molecule has 28 heavy (non-hydrogen) atoms. The van der Waals surface area contributed by atoms with Gasteiger partial charge in [-0.1, -0.05) is 17.3 Å². The normalized spacial score (nSPS) is 21.6. The zero-order valence-corrected chi connectivity index (χ0v) is 15.6. The molecular weight excluding hydrogens is 353 g/mol. The van der Waals surface area contributed by atoms with Crippen molar-refractivity contribution in [3.05, 3.63) is 65.2 Å². The summed E-state index contributed by atoms with van der Waals surface area (Å²) in [7, 11) is 0. The molecule has 0 saturated carbocycles. The Bertz CT molecular complexity index is 1180. The molecule has 4 heterocycles. The van der Waals surface area contributed by atoms with Crippen LogP contribution in [-0.4, -0.2) is 27.6 Å². The summed E-state index contributed by atoms with van der Waals surface area (Å²) in [6.45, 7) is 1.04. The summed E-state index contributed by atoms with van der Waals surface area (Å²) < 4.78 is 19.3. The molecule has 0 spiro atoms. The van der Waals surface area contributed by atoms with Crippen molar-refractivity contribution in [2.75, 3.05) is 6.54 Å². The third-order valence-corrected chi connectivity index (χ3v) is 6.58. The monoisotopic (exact) mass is 375 g/mol. The number of fused-ring (bicyclic) bond motifs is 7. The summed E-state index contributed by atoms with van der Waals surface area (Å²) >= 11 is 0. The maximum Gasteiger partial charge on any atom is 0.167 e. The van der Waals surface area contributed by atoms with Gasteiger partial charge in [-0.15, -0.1) is 0 Å². The zero-order valence-electron chi connectivity index (χ0n) is 15.6. The maximum absolute atomic E-state index is 13.9. The van der Waals surface area contributed by atoms with Crippen molar-refractivity contribution < 1.29 is 8.91 Å². The summed E-state index contributed by atoms with van der Waals surface area (Å²) in [6.07, 6.45) is 5.39. The predicted octanol–water partition coefficient (Wildman–Crippen LogP) is 5.14. The first-order valence-corrected chi connectivity index (χ1v) is 10.2. The van der Waals surface area contributed by atoms with Crippen LogP contribution in [0.25, 0.3) is 21.9 Å². The number of para-hydroxylation sites is 1. The van der Waals surface area contributed by atoms with E-state index in [1.807, 2.05) is 24.3 Å². The molecule has 4 aromatic rings. The molecule has 1 saturated heterocycles. The van der Waals surface area contributed by atoms with E-state index in [1.54, 1.807) is 12.1 Å². The average molecular weight is 375 g/mol. The number of hydrogen-bond donors (Lipinski definition) is 1. The highest BCUT2D eigenvalue weighted by Gasteiger charge is 2.41. The van der Waals surface area contributed by atoms with Crippen LogP contribution in [0, 0.1) is 5.82 Å². The molecule has 0 unspecified atom stereocenters. The molecule has 2 aliphatic rings. The highest BCUT2D eigenvalue weighted by molar-refractivity contribution is 5.85. The van der Waals surface area contributed by atoms with Gasteiger partial charge in [0.15, 0.2) is 5.58 Å². The van der Waals surface area contributed by atoms with Crippen molar-refractivity contribution in [3.63, 3.8) is 0 Å².